The Morgan fingerprint density at radius 1 is 1.11 bits per heavy atom. The lowest BCUT2D eigenvalue weighted by molar-refractivity contribution is -0.149. The number of hydrogen-bond donors (Lipinski definition) is 1. The molecule has 0 spiro atoms. The number of benzene rings is 1. The van der Waals surface area contributed by atoms with Crippen LogP contribution < -0.4 is 5.32 Å². The van der Waals surface area contributed by atoms with Crippen LogP contribution in [0.4, 0.5) is 0 Å². The number of ether oxygens (including phenoxy) is 1. The smallest absolute Gasteiger partial charge is 0.326 e. The molecule has 1 saturated carbocycles. The molecule has 1 aromatic rings. The predicted octanol–water partition coefficient (Wildman–Crippen LogP) is 1.77. The van der Waals surface area contributed by atoms with E-state index in [4.69, 9.17) is 4.74 Å². The van der Waals surface area contributed by atoms with E-state index in [1.807, 2.05) is 0 Å². The number of rotatable bonds is 5. The summed E-state index contributed by atoms with van der Waals surface area (Å²) in [5.41, 5.74) is 0.543. The molecule has 7 nitrogen and oxygen atoms in total. The minimum absolute atomic E-state index is 0.0798. The average molecular weight is 372 g/mol. The quantitative estimate of drug-likeness (QED) is 0.628. The summed E-state index contributed by atoms with van der Waals surface area (Å²) in [6.45, 7) is 3.37. The molecule has 0 radical (unpaired) electrons. The van der Waals surface area contributed by atoms with Crippen LogP contribution in [0.5, 0.6) is 0 Å². The summed E-state index contributed by atoms with van der Waals surface area (Å²) < 4.78 is 4.97. The molecule has 0 saturated heterocycles. The van der Waals surface area contributed by atoms with Crippen LogP contribution in [0.15, 0.2) is 24.3 Å². The molecular weight excluding hydrogens is 348 g/mol. The van der Waals surface area contributed by atoms with Crippen LogP contribution in [0.3, 0.4) is 0 Å². The fourth-order valence-corrected chi connectivity index (χ4v) is 3.74. The van der Waals surface area contributed by atoms with Gasteiger partial charge in [0.2, 0.25) is 0 Å². The predicted molar refractivity (Wildman–Crippen MR) is 96.9 cm³/mol. The largest absolute Gasteiger partial charge is 0.454 e. The molecule has 1 aromatic carbocycles. The number of esters is 1. The summed E-state index contributed by atoms with van der Waals surface area (Å²) in [6, 6.07) is 6.48. The monoisotopic (exact) mass is 372 g/mol. The molecule has 0 aromatic heterocycles. The second kappa shape index (κ2) is 7.90. The van der Waals surface area contributed by atoms with E-state index in [-0.39, 0.29) is 23.1 Å². The molecule has 27 heavy (non-hydrogen) atoms. The Morgan fingerprint density at radius 2 is 1.74 bits per heavy atom. The lowest BCUT2D eigenvalue weighted by Crippen LogP contribution is -2.45. The van der Waals surface area contributed by atoms with Crippen molar-refractivity contribution in [3.05, 3.63) is 35.4 Å². The minimum atomic E-state index is -0.787. The zero-order valence-electron chi connectivity index (χ0n) is 15.6. The van der Waals surface area contributed by atoms with Gasteiger partial charge in [-0.25, -0.2) is 0 Å². The average Bonchev–Trinajstić information content (AvgIpc) is 2.89. The number of carbonyl (C=O) groups is 4. The minimum Gasteiger partial charge on any atom is -0.454 e. The number of nitrogens with one attached hydrogen (secondary N) is 1. The molecule has 1 aliphatic carbocycles. The molecule has 0 bridgehead atoms. The van der Waals surface area contributed by atoms with Crippen molar-refractivity contribution in [2.24, 2.45) is 11.8 Å². The van der Waals surface area contributed by atoms with Crippen molar-refractivity contribution in [1.29, 1.82) is 0 Å². The van der Waals surface area contributed by atoms with E-state index in [0.29, 0.717) is 11.8 Å². The Bertz CT molecular complexity index is 740. The Hall–Kier alpha value is -2.70. The molecule has 0 unspecified atom stereocenters. The molecule has 3 amide bonds. The molecule has 144 valence electrons. The van der Waals surface area contributed by atoms with Gasteiger partial charge >= 0.3 is 5.97 Å². The summed E-state index contributed by atoms with van der Waals surface area (Å²) in [4.78, 5) is 49.4. The van der Waals surface area contributed by atoms with Crippen LogP contribution in [-0.2, 0) is 14.3 Å². The summed E-state index contributed by atoms with van der Waals surface area (Å²) in [6.07, 6.45) is 3.14. The SMILES string of the molecule is C[C@@H]1[C@@H](C)CCC[C@H]1NC(=O)COC(=O)CN1C(=O)c2ccccc2C1=O. The van der Waals surface area contributed by atoms with Crippen molar-refractivity contribution in [1.82, 2.24) is 10.2 Å². The number of amides is 3. The van der Waals surface area contributed by atoms with E-state index in [1.54, 1.807) is 24.3 Å². The molecule has 1 N–H and O–H groups in total. The molecule has 1 heterocycles. The first-order valence-corrected chi connectivity index (χ1v) is 9.28. The number of hydrogen-bond acceptors (Lipinski definition) is 5. The first-order chi connectivity index (χ1) is 12.9. The van der Waals surface area contributed by atoms with Crippen LogP contribution in [0, 0.1) is 11.8 Å². The van der Waals surface area contributed by atoms with Crippen molar-refractivity contribution in [3.8, 4) is 0 Å². The lowest BCUT2D eigenvalue weighted by atomic mass is 9.78. The van der Waals surface area contributed by atoms with Crippen LogP contribution in [-0.4, -0.2) is 47.8 Å². The van der Waals surface area contributed by atoms with Gasteiger partial charge in [-0.1, -0.05) is 38.8 Å². The fourth-order valence-electron chi connectivity index (χ4n) is 3.74. The summed E-state index contributed by atoms with van der Waals surface area (Å²) in [5, 5.41) is 2.92. The van der Waals surface area contributed by atoms with Gasteiger partial charge in [-0.15, -0.1) is 0 Å². The van der Waals surface area contributed by atoms with Crippen LogP contribution >= 0.6 is 0 Å². The van der Waals surface area contributed by atoms with Gasteiger partial charge in [0.25, 0.3) is 17.7 Å². The maximum Gasteiger partial charge on any atom is 0.326 e. The summed E-state index contributed by atoms with van der Waals surface area (Å²) in [5.74, 6) is -1.29. The van der Waals surface area contributed by atoms with Crippen LogP contribution in [0.25, 0.3) is 0 Å². The van der Waals surface area contributed by atoms with Gasteiger partial charge < -0.3 is 10.1 Å². The van der Waals surface area contributed by atoms with Gasteiger partial charge in [0, 0.05) is 6.04 Å². The second-order valence-corrected chi connectivity index (χ2v) is 7.34. The van der Waals surface area contributed by atoms with Gasteiger partial charge in [0.05, 0.1) is 11.1 Å². The molecule has 7 heteroatoms. The third-order valence-electron chi connectivity index (χ3n) is 5.58. The van der Waals surface area contributed by atoms with Gasteiger partial charge in [0.1, 0.15) is 6.54 Å². The summed E-state index contributed by atoms with van der Waals surface area (Å²) >= 11 is 0. The van der Waals surface area contributed by atoms with Crippen molar-refractivity contribution in [2.75, 3.05) is 13.2 Å². The number of carbonyl (C=O) groups excluding carboxylic acids is 4. The van der Waals surface area contributed by atoms with Crippen molar-refractivity contribution < 1.29 is 23.9 Å². The third-order valence-corrected chi connectivity index (χ3v) is 5.58. The second-order valence-electron chi connectivity index (χ2n) is 7.34. The van der Waals surface area contributed by atoms with Gasteiger partial charge in [0.15, 0.2) is 6.61 Å². The maximum absolute atomic E-state index is 12.2. The van der Waals surface area contributed by atoms with Gasteiger partial charge in [-0.2, -0.15) is 0 Å². The van der Waals surface area contributed by atoms with E-state index < -0.39 is 30.9 Å². The van der Waals surface area contributed by atoms with Crippen LogP contribution in [0.2, 0.25) is 0 Å². The molecule has 1 fully saturated rings. The van der Waals surface area contributed by atoms with E-state index in [1.165, 1.54) is 0 Å². The number of fused-ring (bicyclic) bond motifs is 1. The normalized spacial score (nSPS) is 24.5. The zero-order chi connectivity index (χ0) is 19.6. The zero-order valence-corrected chi connectivity index (χ0v) is 15.6. The van der Waals surface area contributed by atoms with Gasteiger partial charge in [-0.3, -0.25) is 24.1 Å². The van der Waals surface area contributed by atoms with E-state index in [0.717, 1.165) is 24.2 Å². The van der Waals surface area contributed by atoms with Crippen molar-refractivity contribution in [3.63, 3.8) is 0 Å². The van der Waals surface area contributed by atoms with Crippen molar-refractivity contribution >= 4 is 23.7 Å². The summed E-state index contributed by atoms with van der Waals surface area (Å²) in [7, 11) is 0. The molecule has 1 aliphatic heterocycles. The lowest BCUT2D eigenvalue weighted by Gasteiger charge is -2.34. The van der Waals surface area contributed by atoms with Crippen molar-refractivity contribution in [2.45, 2.75) is 39.2 Å². The molecule has 3 atom stereocenters. The number of nitrogens with zero attached hydrogens (tertiary/aromatic N) is 1. The Labute approximate surface area is 158 Å². The topological polar surface area (TPSA) is 92.8 Å². The molecule has 2 aliphatic rings. The Morgan fingerprint density at radius 3 is 2.37 bits per heavy atom. The highest BCUT2D eigenvalue weighted by Gasteiger charge is 2.36. The standard InChI is InChI=1S/C20H24N2O5/c1-12-6-5-9-16(13(12)2)21-17(23)11-27-18(24)10-22-19(25)14-7-3-4-8-15(14)20(22)26/h3-4,7-8,12-13,16H,5-6,9-11H2,1-2H3,(H,21,23)/t12-,13+,16+/m0/s1. The maximum atomic E-state index is 12.2. The van der Waals surface area contributed by atoms with Gasteiger partial charge in [-0.05, 0) is 30.4 Å². The van der Waals surface area contributed by atoms with E-state index >= 15 is 0 Å². The molecule has 3 rings (SSSR count). The van der Waals surface area contributed by atoms with Crippen LogP contribution in [0.1, 0.15) is 53.8 Å². The first-order valence-electron chi connectivity index (χ1n) is 9.28. The Kier molecular flexibility index (Phi) is 5.58. The van der Waals surface area contributed by atoms with E-state index in [2.05, 4.69) is 19.2 Å². The first kappa shape index (κ1) is 19.1. The third kappa shape index (κ3) is 4.02. The number of imide groups is 1. The van der Waals surface area contributed by atoms with E-state index in [9.17, 15) is 19.2 Å². The molecular formula is C20H24N2O5. The fraction of sp³-hybridized carbons (Fsp3) is 0.500. The highest BCUT2D eigenvalue weighted by Crippen LogP contribution is 2.29. The highest BCUT2D eigenvalue weighted by atomic mass is 16.5. The Balaban J connectivity index is 1.48. The highest BCUT2D eigenvalue weighted by molar-refractivity contribution is 6.22.